The van der Waals surface area contributed by atoms with E-state index in [4.69, 9.17) is 16.0 Å². The Balaban J connectivity index is 2.05. The van der Waals surface area contributed by atoms with Crippen LogP contribution in [-0.2, 0) is 0 Å². The molecular weight excluding hydrogens is 226 g/mol. The van der Waals surface area contributed by atoms with Gasteiger partial charge in [-0.3, -0.25) is 0 Å². The van der Waals surface area contributed by atoms with Gasteiger partial charge in [0, 0.05) is 12.6 Å². The van der Waals surface area contributed by atoms with E-state index in [1.165, 1.54) is 19.3 Å². The molecule has 0 bridgehead atoms. The first-order valence-electron chi connectivity index (χ1n) is 5.96. The van der Waals surface area contributed by atoms with Crippen molar-refractivity contribution in [2.45, 2.75) is 50.9 Å². The highest BCUT2D eigenvalue weighted by molar-refractivity contribution is 6.20. The lowest BCUT2D eigenvalue weighted by Crippen LogP contribution is -2.27. The number of halogens is 1. The molecule has 1 aromatic heterocycles. The summed E-state index contributed by atoms with van der Waals surface area (Å²) in [5, 5.41) is 7.83. The number of unbranched alkanes of at least 4 members (excludes halogenated alkanes) is 1. The highest BCUT2D eigenvalue weighted by Crippen LogP contribution is 2.32. The molecule has 5 heteroatoms. The minimum Gasteiger partial charge on any atom is -0.406 e. The average molecular weight is 244 g/mol. The van der Waals surface area contributed by atoms with Gasteiger partial charge in [-0.15, -0.1) is 16.7 Å². The predicted octanol–water partition coefficient (Wildman–Crippen LogP) is 3.14. The Morgan fingerprint density at radius 2 is 2.25 bits per heavy atom. The Morgan fingerprint density at radius 3 is 2.75 bits per heavy atom. The molecule has 0 amide bonds. The molecule has 0 spiro atoms. The van der Waals surface area contributed by atoms with Gasteiger partial charge in [0.15, 0.2) is 0 Å². The fourth-order valence-corrected chi connectivity index (χ4v) is 1.74. The summed E-state index contributed by atoms with van der Waals surface area (Å²) >= 11 is 5.91. The molecule has 1 unspecified atom stereocenters. The van der Waals surface area contributed by atoms with E-state index in [0.717, 1.165) is 13.0 Å². The summed E-state index contributed by atoms with van der Waals surface area (Å²) in [6, 6.07) is 1.24. The second-order valence-electron chi connectivity index (χ2n) is 4.32. The normalized spacial score (nSPS) is 17.4. The van der Waals surface area contributed by atoms with Gasteiger partial charge in [0.25, 0.3) is 0 Å². The van der Waals surface area contributed by atoms with Crippen molar-refractivity contribution in [3.8, 4) is 0 Å². The van der Waals surface area contributed by atoms with Gasteiger partial charge in [-0.25, -0.2) is 0 Å². The monoisotopic (exact) mass is 243 g/mol. The summed E-state index contributed by atoms with van der Waals surface area (Å²) in [4.78, 5) is 2.22. The third kappa shape index (κ3) is 2.67. The van der Waals surface area contributed by atoms with Crippen LogP contribution in [0, 0.1) is 0 Å². The number of rotatable bonds is 6. The van der Waals surface area contributed by atoms with E-state index in [-0.39, 0.29) is 5.38 Å². The van der Waals surface area contributed by atoms with E-state index in [0.29, 0.717) is 17.9 Å². The zero-order valence-corrected chi connectivity index (χ0v) is 10.6. The van der Waals surface area contributed by atoms with E-state index in [1.807, 2.05) is 6.92 Å². The molecule has 0 radical (unpaired) electrons. The highest BCUT2D eigenvalue weighted by Gasteiger charge is 2.32. The van der Waals surface area contributed by atoms with Crippen LogP contribution >= 0.6 is 11.6 Å². The van der Waals surface area contributed by atoms with Gasteiger partial charge in [-0.2, -0.15) is 0 Å². The van der Waals surface area contributed by atoms with Gasteiger partial charge < -0.3 is 9.32 Å². The van der Waals surface area contributed by atoms with Crippen LogP contribution < -0.4 is 4.90 Å². The van der Waals surface area contributed by atoms with Crippen LogP contribution in [0.5, 0.6) is 0 Å². The average Bonchev–Trinajstić information content (AvgIpc) is 2.96. The molecule has 0 aromatic carbocycles. The number of nitrogens with zero attached hydrogens (tertiary/aromatic N) is 3. The van der Waals surface area contributed by atoms with Crippen molar-refractivity contribution in [3.05, 3.63) is 5.89 Å². The van der Waals surface area contributed by atoms with Gasteiger partial charge >= 0.3 is 6.01 Å². The predicted molar refractivity (Wildman–Crippen MR) is 63.8 cm³/mol. The molecule has 90 valence electrons. The van der Waals surface area contributed by atoms with E-state index >= 15 is 0 Å². The minimum absolute atomic E-state index is 0.214. The van der Waals surface area contributed by atoms with E-state index in [9.17, 15) is 0 Å². The number of anilines is 1. The van der Waals surface area contributed by atoms with Crippen LogP contribution in [0.3, 0.4) is 0 Å². The maximum absolute atomic E-state index is 5.91. The molecule has 16 heavy (non-hydrogen) atoms. The molecule has 0 saturated heterocycles. The van der Waals surface area contributed by atoms with Crippen molar-refractivity contribution >= 4 is 17.6 Å². The van der Waals surface area contributed by atoms with Crippen LogP contribution in [-0.4, -0.2) is 22.8 Å². The van der Waals surface area contributed by atoms with Crippen LogP contribution in [0.25, 0.3) is 0 Å². The minimum atomic E-state index is -0.214. The summed E-state index contributed by atoms with van der Waals surface area (Å²) < 4.78 is 5.58. The van der Waals surface area contributed by atoms with Gasteiger partial charge in [0.1, 0.15) is 5.38 Å². The largest absolute Gasteiger partial charge is 0.406 e. The number of aromatic nitrogens is 2. The molecule has 1 saturated carbocycles. The maximum atomic E-state index is 5.91. The van der Waals surface area contributed by atoms with E-state index in [1.54, 1.807) is 0 Å². The van der Waals surface area contributed by atoms with E-state index in [2.05, 4.69) is 22.0 Å². The molecule has 0 N–H and O–H groups in total. The fourth-order valence-electron chi connectivity index (χ4n) is 1.65. The number of hydrogen-bond donors (Lipinski definition) is 0. The Hall–Kier alpha value is -0.770. The molecule has 4 nitrogen and oxygen atoms in total. The molecule has 1 aromatic rings. The third-order valence-electron chi connectivity index (χ3n) is 2.76. The van der Waals surface area contributed by atoms with Crippen molar-refractivity contribution in [2.24, 2.45) is 0 Å². The SMILES string of the molecule is CCCCN(c1nnc(C(C)Cl)o1)C1CC1. The topological polar surface area (TPSA) is 42.2 Å². The Bertz CT molecular complexity index is 336. The van der Waals surface area contributed by atoms with Crippen molar-refractivity contribution in [3.63, 3.8) is 0 Å². The quantitative estimate of drug-likeness (QED) is 0.720. The molecule has 1 heterocycles. The first-order valence-corrected chi connectivity index (χ1v) is 6.40. The highest BCUT2D eigenvalue weighted by atomic mass is 35.5. The van der Waals surface area contributed by atoms with Crippen molar-refractivity contribution in [1.82, 2.24) is 10.2 Å². The first kappa shape index (κ1) is 11.7. The second kappa shape index (κ2) is 5.04. The zero-order chi connectivity index (χ0) is 11.5. The molecule has 1 atom stereocenters. The molecule has 2 rings (SSSR count). The summed E-state index contributed by atoms with van der Waals surface area (Å²) in [6.07, 6.45) is 4.80. The number of hydrogen-bond acceptors (Lipinski definition) is 4. The lowest BCUT2D eigenvalue weighted by molar-refractivity contribution is 0.479. The molecule has 1 aliphatic rings. The third-order valence-corrected chi connectivity index (χ3v) is 2.94. The van der Waals surface area contributed by atoms with Crippen LogP contribution in [0.2, 0.25) is 0 Å². The summed E-state index contributed by atoms with van der Waals surface area (Å²) in [5.41, 5.74) is 0. The number of alkyl halides is 1. The standard InChI is InChI=1S/C11H18ClN3O/c1-3-4-7-15(9-5-6-9)11-14-13-10(16-11)8(2)12/h8-9H,3-7H2,1-2H3. The Morgan fingerprint density at radius 1 is 1.50 bits per heavy atom. The summed E-state index contributed by atoms with van der Waals surface area (Å²) in [5.74, 6) is 0.513. The lowest BCUT2D eigenvalue weighted by Gasteiger charge is -2.18. The van der Waals surface area contributed by atoms with Gasteiger partial charge in [0.05, 0.1) is 0 Å². The molecular formula is C11H18ClN3O. The van der Waals surface area contributed by atoms with Gasteiger partial charge in [-0.05, 0) is 26.2 Å². The second-order valence-corrected chi connectivity index (χ2v) is 4.97. The zero-order valence-electron chi connectivity index (χ0n) is 9.82. The van der Waals surface area contributed by atoms with Gasteiger partial charge in [0.2, 0.25) is 5.89 Å². The summed E-state index contributed by atoms with van der Waals surface area (Å²) in [7, 11) is 0. The Labute approximate surface area is 101 Å². The van der Waals surface area contributed by atoms with Crippen molar-refractivity contribution in [1.29, 1.82) is 0 Å². The van der Waals surface area contributed by atoms with E-state index < -0.39 is 0 Å². The smallest absolute Gasteiger partial charge is 0.318 e. The van der Waals surface area contributed by atoms with Gasteiger partial charge in [-0.1, -0.05) is 18.4 Å². The molecule has 0 aliphatic heterocycles. The van der Waals surface area contributed by atoms with Crippen molar-refractivity contribution in [2.75, 3.05) is 11.4 Å². The van der Waals surface area contributed by atoms with Crippen LogP contribution in [0.1, 0.15) is 50.8 Å². The molecule has 1 fully saturated rings. The lowest BCUT2D eigenvalue weighted by atomic mass is 10.3. The van der Waals surface area contributed by atoms with Crippen LogP contribution in [0.4, 0.5) is 6.01 Å². The summed E-state index contributed by atoms with van der Waals surface area (Å²) in [6.45, 7) is 5.02. The maximum Gasteiger partial charge on any atom is 0.318 e. The molecule has 1 aliphatic carbocycles. The van der Waals surface area contributed by atoms with Crippen LogP contribution in [0.15, 0.2) is 4.42 Å². The van der Waals surface area contributed by atoms with Crippen molar-refractivity contribution < 1.29 is 4.42 Å². The Kier molecular flexibility index (Phi) is 3.69. The fraction of sp³-hybridized carbons (Fsp3) is 0.818. The first-order chi connectivity index (χ1) is 7.72.